The molecule has 1 aromatic rings. The molecule has 1 atom stereocenters. The maximum atomic E-state index is 11.9. The zero-order valence-corrected chi connectivity index (χ0v) is 10.3. The monoisotopic (exact) mass is 237 g/mol. The average molecular weight is 237 g/mol. The maximum Gasteiger partial charge on any atom is 0.240 e. The Morgan fingerprint density at radius 3 is 2.94 bits per heavy atom. The van der Waals surface area contributed by atoms with Crippen LogP contribution < -0.4 is 11.1 Å². The van der Waals surface area contributed by atoms with Crippen LogP contribution in [0.3, 0.4) is 0 Å². The van der Waals surface area contributed by atoms with Crippen LogP contribution in [0, 0.1) is 5.92 Å². The van der Waals surface area contributed by atoms with Gasteiger partial charge in [0.2, 0.25) is 5.91 Å². The summed E-state index contributed by atoms with van der Waals surface area (Å²) >= 11 is 0. The van der Waals surface area contributed by atoms with E-state index in [1.165, 1.54) is 0 Å². The van der Waals surface area contributed by atoms with Gasteiger partial charge in [-0.15, -0.1) is 0 Å². The predicted molar refractivity (Wildman–Crippen MR) is 63.0 cm³/mol. The first-order chi connectivity index (χ1) is 8.00. The molecule has 1 fully saturated rings. The van der Waals surface area contributed by atoms with Crippen molar-refractivity contribution < 1.29 is 4.79 Å². The SMILES string of the molecule is Cn1cnc(CCNC(=O)C(C)(N)C2CC2)n1. The van der Waals surface area contributed by atoms with Gasteiger partial charge in [0.25, 0.3) is 0 Å². The molecule has 0 spiro atoms. The maximum absolute atomic E-state index is 11.9. The zero-order valence-electron chi connectivity index (χ0n) is 10.3. The van der Waals surface area contributed by atoms with E-state index in [0.29, 0.717) is 18.9 Å². The Balaban J connectivity index is 1.76. The molecule has 0 aromatic carbocycles. The van der Waals surface area contributed by atoms with E-state index in [9.17, 15) is 4.79 Å². The van der Waals surface area contributed by atoms with Gasteiger partial charge in [0.15, 0.2) is 5.82 Å². The number of aryl methyl sites for hydroxylation is 1. The molecule has 0 saturated heterocycles. The van der Waals surface area contributed by atoms with Crippen LogP contribution >= 0.6 is 0 Å². The Morgan fingerprint density at radius 2 is 2.41 bits per heavy atom. The van der Waals surface area contributed by atoms with Crippen LogP contribution in [0.1, 0.15) is 25.6 Å². The zero-order chi connectivity index (χ0) is 12.5. The van der Waals surface area contributed by atoms with Gasteiger partial charge in [-0.05, 0) is 25.7 Å². The van der Waals surface area contributed by atoms with Gasteiger partial charge >= 0.3 is 0 Å². The van der Waals surface area contributed by atoms with Gasteiger partial charge in [0.05, 0.1) is 5.54 Å². The second-order valence-corrected chi connectivity index (χ2v) is 4.90. The largest absolute Gasteiger partial charge is 0.354 e. The van der Waals surface area contributed by atoms with Crippen LogP contribution in [0.5, 0.6) is 0 Å². The number of amides is 1. The highest BCUT2D eigenvalue weighted by Crippen LogP contribution is 2.37. The smallest absolute Gasteiger partial charge is 0.240 e. The fourth-order valence-electron chi connectivity index (χ4n) is 1.85. The predicted octanol–water partition coefficient (Wildman–Crippen LogP) is -0.399. The van der Waals surface area contributed by atoms with Gasteiger partial charge in [0, 0.05) is 20.0 Å². The van der Waals surface area contributed by atoms with Crippen molar-refractivity contribution in [3.05, 3.63) is 12.2 Å². The lowest BCUT2D eigenvalue weighted by Crippen LogP contribution is -2.53. The molecule has 0 aliphatic heterocycles. The highest BCUT2D eigenvalue weighted by atomic mass is 16.2. The molecule has 3 N–H and O–H groups in total. The number of aromatic nitrogens is 3. The highest BCUT2D eigenvalue weighted by Gasteiger charge is 2.43. The topological polar surface area (TPSA) is 85.8 Å². The van der Waals surface area contributed by atoms with Crippen LogP contribution in [-0.4, -0.2) is 32.8 Å². The van der Waals surface area contributed by atoms with Crippen molar-refractivity contribution in [2.24, 2.45) is 18.7 Å². The number of hydrogen-bond acceptors (Lipinski definition) is 4. The van der Waals surface area contributed by atoms with Crippen molar-refractivity contribution in [1.29, 1.82) is 0 Å². The molecule has 1 aliphatic rings. The number of carbonyl (C=O) groups is 1. The Bertz CT molecular complexity index is 408. The fraction of sp³-hybridized carbons (Fsp3) is 0.727. The van der Waals surface area contributed by atoms with E-state index in [1.807, 2.05) is 7.05 Å². The lowest BCUT2D eigenvalue weighted by molar-refractivity contribution is -0.126. The summed E-state index contributed by atoms with van der Waals surface area (Å²) in [5.74, 6) is 1.00. The Morgan fingerprint density at radius 1 is 1.71 bits per heavy atom. The minimum atomic E-state index is -0.725. The average Bonchev–Trinajstić information content (AvgIpc) is 3.04. The second-order valence-electron chi connectivity index (χ2n) is 4.90. The van der Waals surface area contributed by atoms with Crippen LogP contribution in [-0.2, 0) is 18.3 Å². The van der Waals surface area contributed by atoms with E-state index in [0.717, 1.165) is 18.7 Å². The van der Waals surface area contributed by atoms with Crippen LogP contribution in [0.2, 0.25) is 0 Å². The summed E-state index contributed by atoms with van der Waals surface area (Å²) in [6, 6.07) is 0. The van der Waals surface area contributed by atoms with Crippen LogP contribution in [0.25, 0.3) is 0 Å². The third kappa shape index (κ3) is 2.82. The van der Waals surface area contributed by atoms with E-state index >= 15 is 0 Å². The number of carbonyl (C=O) groups excluding carboxylic acids is 1. The van der Waals surface area contributed by atoms with Crippen LogP contribution in [0.4, 0.5) is 0 Å². The van der Waals surface area contributed by atoms with Gasteiger partial charge in [-0.25, -0.2) is 4.98 Å². The summed E-state index contributed by atoms with van der Waals surface area (Å²) in [5.41, 5.74) is 5.28. The van der Waals surface area contributed by atoms with E-state index in [4.69, 9.17) is 5.73 Å². The molecule has 1 aromatic heterocycles. The summed E-state index contributed by atoms with van der Waals surface area (Å²) in [7, 11) is 1.82. The lowest BCUT2D eigenvalue weighted by atomic mass is 9.96. The first kappa shape index (κ1) is 12.0. The molecule has 1 amide bonds. The minimum Gasteiger partial charge on any atom is -0.354 e. The molecule has 1 aliphatic carbocycles. The number of nitrogens with two attached hydrogens (primary N) is 1. The Hall–Kier alpha value is -1.43. The van der Waals surface area contributed by atoms with Crippen molar-refractivity contribution in [3.63, 3.8) is 0 Å². The summed E-state index contributed by atoms with van der Waals surface area (Å²) < 4.78 is 1.65. The van der Waals surface area contributed by atoms with Crippen LogP contribution in [0.15, 0.2) is 6.33 Å². The quantitative estimate of drug-likeness (QED) is 0.729. The van der Waals surface area contributed by atoms with Gasteiger partial charge in [-0.3, -0.25) is 9.48 Å². The lowest BCUT2D eigenvalue weighted by Gasteiger charge is -2.22. The molecular weight excluding hydrogens is 218 g/mol. The Kier molecular flexibility index (Phi) is 3.15. The van der Waals surface area contributed by atoms with Gasteiger partial charge in [0.1, 0.15) is 6.33 Å². The molecule has 1 unspecified atom stereocenters. The fourth-order valence-corrected chi connectivity index (χ4v) is 1.85. The van der Waals surface area contributed by atoms with Crippen molar-refractivity contribution >= 4 is 5.91 Å². The van der Waals surface area contributed by atoms with Gasteiger partial charge in [-0.2, -0.15) is 5.10 Å². The van der Waals surface area contributed by atoms with Crippen molar-refractivity contribution in [2.75, 3.05) is 6.54 Å². The summed E-state index contributed by atoms with van der Waals surface area (Å²) in [6.45, 7) is 2.33. The minimum absolute atomic E-state index is 0.0732. The molecule has 1 saturated carbocycles. The number of rotatable bonds is 5. The van der Waals surface area contributed by atoms with E-state index < -0.39 is 5.54 Å². The van der Waals surface area contributed by atoms with E-state index in [1.54, 1.807) is 17.9 Å². The molecule has 0 bridgehead atoms. The number of nitrogens with zero attached hydrogens (tertiary/aromatic N) is 3. The summed E-state index contributed by atoms with van der Waals surface area (Å²) in [4.78, 5) is 16.0. The molecule has 94 valence electrons. The molecule has 17 heavy (non-hydrogen) atoms. The summed E-state index contributed by atoms with van der Waals surface area (Å²) in [5, 5.41) is 6.99. The highest BCUT2D eigenvalue weighted by molar-refractivity contribution is 5.86. The number of nitrogens with one attached hydrogen (secondary N) is 1. The molecular formula is C11H19N5O. The molecule has 1 heterocycles. The van der Waals surface area contributed by atoms with E-state index in [-0.39, 0.29) is 5.91 Å². The molecule has 6 nitrogen and oxygen atoms in total. The third-order valence-corrected chi connectivity index (χ3v) is 3.20. The van der Waals surface area contributed by atoms with Gasteiger partial charge in [-0.1, -0.05) is 0 Å². The standard InChI is InChI=1S/C11H19N5O/c1-11(12,8-3-4-8)10(17)13-6-5-9-14-7-16(2)15-9/h7-8H,3-6,12H2,1-2H3,(H,13,17). The van der Waals surface area contributed by atoms with Crippen molar-refractivity contribution in [2.45, 2.75) is 31.7 Å². The third-order valence-electron chi connectivity index (χ3n) is 3.20. The molecule has 6 heteroatoms. The van der Waals surface area contributed by atoms with Crippen molar-refractivity contribution in [3.8, 4) is 0 Å². The molecule has 0 radical (unpaired) electrons. The molecule has 2 rings (SSSR count). The summed E-state index contributed by atoms with van der Waals surface area (Å²) in [6.07, 6.45) is 4.39. The van der Waals surface area contributed by atoms with Gasteiger partial charge < -0.3 is 11.1 Å². The number of hydrogen-bond donors (Lipinski definition) is 2. The first-order valence-corrected chi connectivity index (χ1v) is 5.92. The normalized spacial score (nSPS) is 18.8. The first-order valence-electron chi connectivity index (χ1n) is 5.92. The van der Waals surface area contributed by atoms with Crippen molar-refractivity contribution in [1.82, 2.24) is 20.1 Å². The second kappa shape index (κ2) is 4.44. The van der Waals surface area contributed by atoms with E-state index in [2.05, 4.69) is 15.4 Å². The Labute approximate surface area is 101 Å².